The lowest BCUT2D eigenvalue weighted by atomic mass is 10.1. The second kappa shape index (κ2) is 4.55. The maximum absolute atomic E-state index is 12.9. The molecule has 1 aromatic rings. The van der Waals surface area contributed by atoms with Gasteiger partial charge >= 0.3 is 0 Å². The Morgan fingerprint density at radius 2 is 2.29 bits per heavy atom. The number of benzene rings is 1. The van der Waals surface area contributed by atoms with Crippen molar-refractivity contribution in [3.05, 3.63) is 35.1 Å². The van der Waals surface area contributed by atoms with Crippen molar-refractivity contribution in [2.75, 3.05) is 0 Å². The molecule has 1 amide bonds. The third-order valence-electron chi connectivity index (χ3n) is 1.95. The Kier molecular flexibility index (Phi) is 3.63. The van der Waals surface area contributed by atoms with Gasteiger partial charge in [-0.3, -0.25) is 4.79 Å². The molecule has 0 aliphatic heterocycles. The van der Waals surface area contributed by atoms with Crippen molar-refractivity contribution in [1.29, 1.82) is 0 Å². The van der Waals surface area contributed by atoms with E-state index in [-0.39, 0.29) is 5.82 Å². The molecular weight excluding hydrogens is 249 g/mol. The molecule has 2 nitrogen and oxygen atoms in total. The standard InChI is InChI=1S/C10H11BrFNO/c1-6-4-7(2-3-9(6)12)5-8(11)10(13)14/h2-4,8H,5H2,1H3,(H2,13,14). The number of hydrogen-bond acceptors (Lipinski definition) is 1. The second-order valence-corrected chi connectivity index (χ2v) is 4.26. The summed E-state index contributed by atoms with van der Waals surface area (Å²) in [7, 11) is 0. The van der Waals surface area contributed by atoms with Gasteiger partial charge in [-0.2, -0.15) is 0 Å². The average Bonchev–Trinajstić information content (AvgIpc) is 2.11. The molecule has 76 valence electrons. The molecule has 1 unspecified atom stereocenters. The number of rotatable bonds is 3. The van der Waals surface area contributed by atoms with Gasteiger partial charge in [-0.25, -0.2) is 4.39 Å². The van der Waals surface area contributed by atoms with Crippen LogP contribution in [0.15, 0.2) is 18.2 Å². The summed E-state index contributed by atoms with van der Waals surface area (Å²) in [6.45, 7) is 1.69. The van der Waals surface area contributed by atoms with Gasteiger partial charge in [0.05, 0.1) is 4.83 Å². The van der Waals surface area contributed by atoms with E-state index in [0.717, 1.165) is 5.56 Å². The van der Waals surface area contributed by atoms with Crippen LogP contribution in [0.4, 0.5) is 4.39 Å². The second-order valence-electron chi connectivity index (χ2n) is 3.16. The first-order valence-corrected chi connectivity index (χ1v) is 5.10. The van der Waals surface area contributed by atoms with Crippen LogP contribution in [-0.4, -0.2) is 10.7 Å². The maximum Gasteiger partial charge on any atom is 0.231 e. The van der Waals surface area contributed by atoms with Crippen molar-refractivity contribution in [3.63, 3.8) is 0 Å². The molecule has 0 saturated carbocycles. The fourth-order valence-corrected chi connectivity index (χ4v) is 1.52. The van der Waals surface area contributed by atoms with Gasteiger partial charge in [0.15, 0.2) is 0 Å². The number of aryl methyl sites for hydroxylation is 1. The van der Waals surface area contributed by atoms with Gasteiger partial charge in [0.25, 0.3) is 0 Å². The van der Waals surface area contributed by atoms with Gasteiger partial charge in [0.1, 0.15) is 5.82 Å². The third kappa shape index (κ3) is 2.80. The molecule has 1 aromatic carbocycles. The summed E-state index contributed by atoms with van der Waals surface area (Å²) < 4.78 is 12.9. The van der Waals surface area contributed by atoms with E-state index in [1.807, 2.05) is 0 Å². The summed E-state index contributed by atoms with van der Waals surface area (Å²) in [4.78, 5) is 10.4. The molecule has 0 fully saturated rings. The Hall–Kier alpha value is -0.900. The summed E-state index contributed by atoms with van der Waals surface area (Å²) in [5.41, 5.74) is 6.56. The van der Waals surface area contributed by atoms with Crippen LogP contribution in [0.2, 0.25) is 0 Å². The quantitative estimate of drug-likeness (QED) is 0.829. The van der Waals surface area contributed by atoms with Crippen LogP contribution < -0.4 is 5.73 Å². The number of halogens is 2. The minimum absolute atomic E-state index is 0.237. The summed E-state index contributed by atoms with van der Waals surface area (Å²) in [6, 6.07) is 4.76. The first kappa shape index (κ1) is 11.2. The highest BCUT2D eigenvalue weighted by atomic mass is 79.9. The summed E-state index contributed by atoms with van der Waals surface area (Å²) >= 11 is 3.15. The molecule has 4 heteroatoms. The van der Waals surface area contributed by atoms with Crippen LogP contribution in [0.1, 0.15) is 11.1 Å². The zero-order valence-electron chi connectivity index (χ0n) is 7.76. The monoisotopic (exact) mass is 259 g/mol. The van der Waals surface area contributed by atoms with Crippen LogP contribution in [0.5, 0.6) is 0 Å². The Morgan fingerprint density at radius 3 is 2.79 bits per heavy atom. The molecule has 0 aliphatic rings. The SMILES string of the molecule is Cc1cc(CC(Br)C(N)=O)ccc1F. The summed E-state index contributed by atoms with van der Waals surface area (Å²) in [6.07, 6.45) is 0.483. The van der Waals surface area contributed by atoms with Crippen molar-refractivity contribution in [3.8, 4) is 0 Å². The van der Waals surface area contributed by atoms with Crippen molar-refractivity contribution >= 4 is 21.8 Å². The molecule has 0 saturated heterocycles. The highest BCUT2D eigenvalue weighted by molar-refractivity contribution is 9.10. The zero-order chi connectivity index (χ0) is 10.7. The van der Waals surface area contributed by atoms with Crippen molar-refractivity contribution < 1.29 is 9.18 Å². The Bertz CT molecular complexity index is 354. The van der Waals surface area contributed by atoms with Crippen LogP contribution in [0.3, 0.4) is 0 Å². The van der Waals surface area contributed by atoms with Gasteiger partial charge in [0, 0.05) is 0 Å². The average molecular weight is 260 g/mol. The number of primary amides is 1. The molecule has 14 heavy (non-hydrogen) atoms. The van der Waals surface area contributed by atoms with Crippen LogP contribution in [-0.2, 0) is 11.2 Å². The van der Waals surface area contributed by atoms with E-state index < -0.39 is 10.7 Å². The lowest BCUT2D eigenvalue weighted by molar-refractivity contribution is -0.117. The normalized spacial score (nSPS) is 12.5. The molecule has 0 spiro atoms. The van der Waals surface area contributed by atoms with E-state index in [1.165, 1.54) is 6.07 Å². The zero-order valence-corrected chi connectivity index (χ0v) is 9.34. The predicted octanol–water partition coefficient (Wildman–Crippen LogP) is 1.93. The lowest BCUT2D eigenvalue weighted by Gasteiger charge is -2.06. The first-order valence-electron chi connectivity index (χ1n) is 4.19. The fraction of sp³-hybridized carbons (Fsp3) is 0.300. The molecular formula is C10H11BrFNO. The molecule has 0 aromatic heterocycles. The molecule has 0 aliphatic carbocycles. The van der Waals surface area contributed by atoms with Gasteiger partial charge in [-0.05, 0) is 30.5 Å². The number of nitrogens with two attached hydrogens (primary N) is 1. The Balaban J connectivity index is 2.78. The number of carbonyl (C=O) groups is 1. The lowest BCUT2D eigenvalue weighted by Crippen LogP contribution is -2.24. The third-order valence-corrected chi connectivity index (χ3v) is 2.72. The summed E-state index contributed by atoms with van der Waals surface area (Å²) in [5.74, 6) is -0.647. The van der Waals surface area contributed by atoms with E-state index in [4.69, 9.17) is 5.73 Å². The van der Waals surface area contributed by atoms with E-state index in [1.54, 1.807) is 19.1 Å². The van der Waals surface area contributed by atoms with Gasteiger partial charge in [-0.1, -0.05) is 28.1 Å². The molecule has 0 bridgehead atoms. The smallest absolute Gasteiger partial charge is 0.231 e. The molecule has 2 N–H and O–H groups in total. The highest BCUT2D eigenvalue weighted by Crippen LogP contribution is 2.13. The molecule has 1 atom stereocenters. The van der Waals surface area contributed by atoms with Crippen LogP contribution in [0.25, 0.3) is 0 Å². The van der Waals surface area contributed by atoms with E-state index in [0.29, 0.717) is 12.0 Å². The Morgan fingerprint density at radius 1 is 1.64 bits per heavy atom. The summed E-state index contributed by atoms with van der Waals surface area (Å²) in [5, 5.41) is 0. The van der Waals surface area contributed by atoms with Crippen molar-refractivity contribution in [1.82, 2.24) is 0 Å². The van der Waals surface area contributed by atoms with Gasteiger partial charge < -0.3 is 5.73 Å². The number of alkyl halides is 1. The molecule has 0 heterocycles. The van der Waals surface area contributed by atoms with Crippen LogP contribution >= 0.6 is 15.9 Å². The van der Waals surface area contributed by atoms with Crippen molar-refractivity contribution in [2.45, 2.75) is 18.2 Å². The van der Waals surface area contributed by atoms with Gasteiger partial charge in [0.2, 0.25) is 5.91 Å². The van der Waals surface area contributed by atoms with Crippen LogP contribution in [0, 0.1) is 12.7 Å². The largest absolute Gasteiger partial charge is 0.369 e. The van der Waals surface area contributed by atoms with Crippen molar-refractivity contribution in [2.24, 2.45) is 5.73 Å². The number of amides is 1. The minimum atomic E-state index is -0.410. The van der Waals surface area contributed by atoms with E-state index >= 15 is 0 Å². The van der Waals surface area contributed by atoms with E-state index in [9.17, 15) is 9.18 Å². The maximum atomic E-state index is 12.9. The van der Waals surface area contributed by atoms with E-state index in [2.05, 4.69) is 15.9 Å². The Labute approximate surface area is 90.4 Å². The topological polar surface area (TPSA) is 43.1 Å². The highest BCUT2D eigenvalue weighted by Gasteiger charge is 2.11. The predicted molar refractivity (Wildman–Crippen MR) is 56.8 cm³/mol. The molecule has 0 radical (unpaired) electrons. The number of hydrogen-bond donors (Lipinski definition) is 1. The molecule has 1 rings (SSSR count). The number of carbonyl (C=O) groups excluding carboxylic acids is 1. The first-order chi connectivity index (χ1) is 6.50. The minimum Gasteiger partial charge on any atom is -0.369 e. The van der Waals surface area contributed by atoms with Gasteiger partial charge in [-0.15, -0.1) is 0 Å². The fourth-order valence-electron chi connectivity index (χ4n) is 1.14.